The maximum atomic E-state index is 14.0. The van der Waals surface area contributed by atoms with E-state index in [2.05, 4.69) is 20.7 Å². The van der Waals surface area contributed by atoms with Gasteiger partial charge in [0.15, 0.2) is 0 Å². The van der Waals surface area contributed by atoms with Crippen LogP contribution in [0.25, 0.3) is 0 Å². The highest BCUT2D eigenvalue weighted by molar-refractivity contribution is 9.10. The summed E-state index contributed by atoms with van der Waals surface area (Å²) in [6, 6.07) is 12.3. The average molecular weight is 441 g/mol. The van der Waals surface area contributed by atoms with Gasteiger partial charge in [-0.25, -0.2) is 17.5 Å². The van der Waals surface area contributed by atoms with Gasteiger partial charge < -0.3 is 4.90 Å². The number of nitrogens with one attached hydrogen (secondary N) is 1. The molecule has 1 aliphatic heterocycles. The smallest absolute Gasteiger partial charge is 0.256 e. The summed E-state index contributed by atoms with van der Waals surface area (Å²) < 4.78 is 42.0. The van der Waals surface area contributed by atoms with Gasteiger partial charge in [0.25, 0.3) is 5.91 Å². The molecule has 138 valence electrons. The molecule has 5 nitrogen and oxygen atoms in total. The Bertz CT molecular complexity index is 898. The Balaban J connectivity index is 1.61. The van der Waals surface area contributed by atoms with Crippen molar-refractivity contribution in [3.05, 3.63) is 64.4 Å². The molecule has 1 fully saturated rings. The van der Waals surface area contributed by atoms with Crippen LogP contribution < -0.4 is 4.72 Å². The van der Waals surface area contributed by atoms with Crippen LogP contribution in [0.15, 0.2) is 57.9 Å². The Kier molecular flexibility index (Phi) is 5.74. The van der Waals surface area contributed by atoms with Crippen LogP contribution in [0.2, 0.25) is 0 Å². The van der Waals surface area contributed by atoms with Crippen molar-refractivity contribution in [3.63, 3.8) is 0 Å². The van der Waals surface area contributed by atoms with E-state index in [1.165, 1.54) is 24.3 Å². The normalized spacial score (nSPS) is 15.8. The van der Waals surface area contributed by atoms with E-state index in [1.807, 2.05) is 0 Å². The molecule has 3 rings (SSSR count). The van der Waals surface area contributed by atoms with E-state index in [0.717, 1.165) is 0 Å². The molecular formula is C18H18BrFN2O3S. The number of likely N-dealkylation sites (tertiary alicyclic amines) is 1. The number of nitrogens with zero attached hydrogens (tertiary/aromatic N) is 1. The Morgan fingerprint density at radius 2 is 1.77 bits per heavy atom. The number of carbonyl (C=O) groups excluding carboxylic acids is 1. The van der Waals surface area contributed by atoms with E-state index in [-0.39, 0.29) is 22.4 Å². The maximum absolute atomic E-state index is 14.0. The van der Waals surface area contributed by atoms with Gasteiger partial charge in [0.05, 0.1) is 10.5 Å². The summed E-state index contributed by atoms with van der Waals surface area (Å²) in [6.07, 6.45) is 0.964. The Labute approximate surface area is 160 Å². The Morgan fingerprint density at radius 1 is 1.12 bits per heavy atom. The highest BCUT2D eigenvalue weighted by Crippen LogP contribution is 2.20. The molecule has 0 radical (unpaired) electrons. The first-order valence-corrected chi connectivity index (χ1v) is 10.5. The quantitative estimate of drug-likeness (QED) is 0.793. The van der Waals surface area contributed by atoms with Gasteiger partial charge in [0, 0.05) is 23.6 Å². The van der Waals surface area contributed by atoms with Crippen LogP contribution >= 0.6 is 15.9 Å². The molecule has 0 spiro atoms. The molecule has 2 aromatic rings. The van der Waals surface area contributed by atoms with Gasteiger partial charge in [-0.05, 0) is 43.2 Å². The number of hydrogen-bond acceptors (Lipinski definition) is 3. The number of benzene rings is 2. The second-order valence-electron chi connectivity index (χ2n) is 6.12. The highest BCUT2D eigenvalue weighted by atomic mass is 79.9. The van der Waals surface area contributed by atoms with Crippen LogP contribution in [0.1, 0.15) is 23.2 Å². The van der Waals surface area contributed by atoms with Crippen molar-refractivity contribution in [2.45, 2.75) is 23.8 Å². The van der Waals surface area contributed by atoms with Crippen LogP contribution in [0, 0.1) is 5.82 Å². The van der Waals surface area contributed by atoms with Crippen molar-refractivity contribution >= 4 is 31.9 Å². The fourth-order valence-electron chi connectivity index (χ4n) is 2.92. The molecule has 0 unspecified atom stereocenters. The van der Waals surface area contributed by atoms with Gasteiger partial charge in [0.1, 0.15) is 5.82 Å². The second kappa shape index (κ2) is 7.85. The third kappa shape index (κ3) is 4.31. The van der Waals surface area contributed by atoms with E-state index in [4.69, 9.17) is 0 Å². The number of hydrogen-bond donors (Lipinski definition) is 1. The van der Waals surface area contributed by atoms with Gasteiger partial charge in [-0.15, -0.1) is 0 Å². The van der Waals surface area contributed by atoms with Gasteiger partial charge >= 0.3 is 0 Å². The molecule has 0 saturated carbocycles. The van der Waals surface area contributed by atoms with Crippen molar-refractivity contribution in [3.8, 4) is 0 Å². The van der Waals surface area contributed by atoms with E-state index in [1.54, 1.807) is 29.2 Å². The lowest BCUT2D eigenvalue weighted by molar-refractivity contribution is 0.0706. The lowest BCUT2D eigenvalue weighted by atomic mass is 10.0. The fraction of sp³-hybridized carbons (Fsp3) is 0.278. The summed E-state index contributed by atoms with van der Waals surface area (Å²) in [4.78, 5) is 14.3. The lowest BCUT2D eigenvalue weighted by Gasteiger charge is -2.32. The topological polar surface area (TPSA) is 66.5 Å². The van der Waals surface area contributed by atoms with Crippen molar-refractivity contribution in [2.75, 3.05) is 13.1 Å². The summed E-state index contributed by atoms with van der Waals surface area (Å²) in [7, 11) is -3.58. The van der Waals surface area contributed by atoms with Crippen LogP contribution in [0.3, 0.4) is 0 Å². The number of rotatable bonds is 4. The van der Waals surface area contributed by atoms with E-state index in [9.17, 15) is 17.6 Å². The number of piperidine rings is 1. The molecule has 26 heavy (non-hydrogen) atoms. The van der Waals surface area contributed by atoms with Crippen LogP contribution in [-0.4, -0.2) is 38.4 Å². The summed E-state index contributed by atoms with van der Waals surface area (Å²) in [5, 5.41) is 0. The molecule has 8 heteroatoms. The van der Waals surface area contributed by atoms with E-state index < -0.39 is 15.8 Å². The summed E-state index contributed by atoms with van der Waals surface area (Å²) >= 11 is 3.17. The van der Waals surface area contributed by atoms with Crippen LogP contribution in [-0.2, 0) is 10.0 Å². The van der Waals surface area contributed by atoms with Gasteiger partial charge in [0.2, 0.25) is 10.0 Å². The molecule has 0 bridgehead atoms. The van der Waals surface area contributed by atoms with Crippen molar-refractivity contribution in [1.29, 1.82) is 0 Å². The van der Waals surface area contributed by atoms with E-state index >= 15 is 0 Å². The molecule has 1 saturated heterocycles. The van der Waals surface area contributed by atoms with Gasteiger partial charge in [-0.3, -0.25) is 4.79 Å². The lowest BCUT2D eigenvalue weighted by Crippen LogP contribution is -2.46. The minimum atomic E-state index is -3.58. The first-order chi connectivity index (χ1) is 12.4. The molecule has 1 heterocycles. The average Bonchev–Trinajstić information content (AvgIpc) is 2.62. The van der Waals surface area contributed by atoms with Gasteiger partial charge in [-0.1, -0.05) is 34.1 Å². The third-order valence-electron chi connectivity index (χ3n) is 4.32. The molecule has 1 aliphatic rings. The maximum Gasteiger partial charge on any atom is 0.256 e. The SMILES string of the molecule is O=C(c1ccc(Br)cc1F)N1CCC(NS(=O)(=O)c2ccccc2)CC1. The highest BCUT2D eigenvalue weighted by Gasteiger charge is 2.28. The number of halogens is 2. The van der Waals surface area contributed by atoms with E-state index in [0.29, 0.717) is 30.4 Å². The van der Waals surface area contributed by atoms with Crippen molar-refractivity contribution in [2.24, 2.45) is 0 Å². The predicted molar refractivity (Wildman–Crippen MR) is 99.8 cm³/mol. The molecule has 0 aromatic heterocycles. The monoisotopic (exact) mass is 440 g/mol. The zero-order chi connectivity index (χ0) is 18.7. The van der Waals surface area contributed by atoms with Crippen LogP contribution in [0.4, 0.5) is 4.39 Å². The largest absolute Gasteiger partial charge is 0.338 e. The Hall–Kier alpha value is -1.77. The summed E-state index contributed by atoms with van der Waals surface area (Å²) in [5.74, 6) is -0.948. The molecule has 1 N–H and O–H groups in total. The minimum Gasteiger partial charge on any atom is -0.338 e. The minimum absolute atomic E-state index is 0.0246. The van der Waals surface area contributed by atoms with Crippen molar-refractivity contribution < 1.29 is 17.6 Å². The van der Waals surface area contributed by atoms with Crippen LogP contribution in [0.5, 0.6) is 0 Å². The third-order valence-corrected chi connectivity index (χ3v) is 6.35. The number of carbonyl (C=O) groups is 1. The first-order valence-electron chi connectivity index (χ1n) is 8.18. The summed E-state index contributed by atoms with van der Waals surface area (Å²) in [5.41, 5.74) is 0.0246. The number of amides is 1. The second-order valence-corrected chi connectivity index (χ2v) is 8.75. The fourth-order valence-corrected chi connectivity index (χ4v) is 4.58. The first kappa shape index (κ1) is 19.0. The predicted octanol–water partition coefficient (Wildman–Crippen LogP) is 3.17. The number of sulfonamides is 1. The molecular weight excluding hydrogens is 423 g/mol. The zero-order valence-corrected chi connectivity index (χ0v) is 16.3. The zero-order valence-electron chi connectivity index (χ0n) is 13.9. The van der Waals surface area contributed by atoms with Gasteiger partial charge in [-0.2, -0.15) is 0 Å². The molecule has 0 atom stereocenters. The standard InChI is InChI=1S/C18H18BrFN2O3S/c19-13-6-7-16(17(20)12-13)18(23)22-10-8-14(9-11-22)21-26(24,25)15-4-2-1-3-5-15/h1-7,12,14,21H,8-11H2. The Morgan fingerprint density at radius 3 is 2.38 bits per heavy atom. The van der Waals surface area contributed by atoms with Crippen molar-refractivity contribution in [1.82, 2.24) is 9.62 Å². The molecule has 2 aromatic carbocycles. The molecule has 0 aliphatic carbocycles. The summed E-state index contributed by atoms with van der Waals surface area (Å²) in [6.45, 7) is 0.743. The molecule has 1 amide bonds.